The molecular weight excluding hydrogens is 744 g/mol. The van der Waals surface area contributed by atoms with E-state index >= 15 is 0 Å². The Kier molecular flexibility index (Phi) is 8.56. The fourth-order valence-electron chi connectivity index (χ4n) is 8.23. The van der Waals surface area contributed by atoms with Crippen LogP contribution < -0.4 is 0 Å². The highest BCUT2D eigenvalue weighted by atomic mass is 32.2. The molecule has 2 spiro atoms. The van der Waals surface area contributed by atoms with Crippen molar-refractivity contribution in [1.29, 1.82) is 0 Å². The van der Waals surface area contributed by atoms with Crippen LogP contribution in [0.25, 0.3) is 33.1 Å². The van der Waals surface area contributed by atoms with Gasteiger partial charge in [0.05, 0.1) is 9.79 Å². The van der Waals surface area contributed by atoms with Gasteiger partial charge in [-0.2, -0.15) is 0 Å². The van der Waals surface area contributed by atoms with E-state index in [4.69, 9.17) is 9.47 Å². The van der Waals surface area contributed by atoms with Gasteiger partial charge in [-0.3, -0.25) is 0 Å². The molecule has 0 saturated heterocycles. The molecular formula is C47H41FO6S2. The lowest BCUT2D eigenvalue weighted by atomic mass is 9.85. The van der Waals surface area contributed by atoms with Crippen LogP contribution in [-0.4, -0.2) is 40.5 Å². The fraction of sp³-hybridized carbons (Fsp3) is 0.234. The summed E-state index contributed by atoms with van der Waals surface area (Å²) in [6.45, 7) is 4.18. The van der Waals surface area contributed by atoms with Gasteiger partial charge in [-0.1, -0.05) is 79.4 Å². The monoisotopic (exact) mass is 784 g/mol. The van der Waals surface area contributed by atoms with Crippen molar-refractivity contribution in [2.45, 2.75) is 65.9 Å². The predicted octanol–water partition coefficient (Wildman–Crippen LogP) is 10.4. The summed E-state index contributed by atoms with van der Waals surface area (Å²) in [4.78, 5) is 0.622. The van der Waals surface area contributed by atoms with E-state index < -0.39 is 19.7 Å². The molecule has 0 amide bonds. The van der Waals surface area contributed by atoms with Crippen LogP contribution in [0, 0.1) is 5.82 Å². The molecule has 2 heterocycles. The first-order valence-electron chi connectivity index (χ1n) is 18.9. The highest BCUT2D eigenvalue weighted by Crippen LogP contribution is 2.62. The molecule has 0 bridgehead atoms. The van der Waals surface area contributed by atoms with Crippen molar-refractivity contribution >= 4 is 52.7 Å². The molecule has 0 unspecified atom stereocenters. The molecule has 9 heteroatoms. The van der Waals surface area contributed by atoms with Gasteiger partial charge in [-0.05, 0) is 126 Å². The number of ether oxygens (including phenoxy) is 2. The van der Waals surface area contributed by atoms with Crippen LogP contribution in [0.1, 0.15) is 67.2 Å². The lowest BCUT2D eigenvalue weighted by molar-refractivity contribution is 0.164. The zero-order valence-electron chi connectivity index (χ0n) is 31.3. The number of allylic oxidation sites excluding steroid dienone is 3. The third kappa shape index (κ3) is 6.50. The maximum absolute atomic E-state index is 14.0. The van der Waals surface area contributed by atoms with E-state index in [0.29, 0.717) is 15.6 Å². The van der Waals surface area contributed by atoms with Gasteiger partial charge in [0, 0.05) is 34.8 Å². The van der Waals surface area contributed by atoms with E-state index in [1.54, 1.807) is 36.4 Å². The van der Waals surface area contributed by atoms with Crippen molar-refractivity contribution in [3.05, 3.63) is 167 Å². The second-order valence-electron chi connectivity index (χ2n) is 15.6. The second kappa shape index (κ2) is 13.2. The van der Waals surface area contributed by atoms with Crippen LogP contribution in [-0.2, 0) is 29.1 Å². The van der Waals surface area contributed by atoms with Gasteiger partial charge >= 0.3 is 0 Å². The van der Waals surface area contributed by atoms with Gasteiger partial charge in [0.25, 0.3) is 0 Å². The van der Waals surface area contributed by atoms with Crippen LogP contribution in [0.5, 0.6) is 0 Å². The molecule has 56 heavy (non-hydrogen) atoms. The summed E-state index contributed by atoms with van der Waals surface area (Å²) < 4.78 is 74.0. The molecule has 2 aliphatic heterocycles. The lowest BCUT2D eigenvalue weighted by Gasteiger charge is -2.21. The van der Waals surface area contributed by atoms with Crippen LogP contribution in [0.4, 0.5) is 4.39 Å². The Morgan fingerprint density at radius 1 is 0.571 bits per heavy atom. The molecule has 6 nitrogen and oxygen atoms in total. The Bertz CT molecular complexity index is 2780. The maximum atomic E-state index is 14.0. The molecule has 3 saturated carbocycles. The molecule has 5 aromatic carbocycles. The summed E-state index contributed by atoms with van der Waals surface area (Å²) in [6.07, 6.45) is 9.37. The summed E-state index contributed by atoms with van der Waals surface area (Å²) in [5.74, 6) is 1.33. The van der Waals surface area contributed by atoms with Crippen molar-refractivity contribution in [3.8, 4) is 0 Å². The maximum Gasteiger partial charge on any atom is 0.175 e. The van der Waals surface area contributed by atoms with E-state index in [2.05, 4.69) is 36.9 Å². The zero-order chi connectivity index (χ0) is 39.0. The van der Waals surface area contributed by atoms with Crippen LogP contribution in [0.3, 0.4) is 0 Å². The second-order valence-corrected chi connectivity index (χ2v) is 19.6. The van der Waals surface area contributed by atoms with Gasteiger partial charge in [-0.15, -0.1) is 0 Å². The minimum atomic E-state index is -3.25. The third-order valence-electron chi connectivity index (χ3n) is 11.5. The summed E-state index contributed by atoms with van der Waals surface area (Å²) in [7, 11) is -6.47. The number of hydrogen-bond acceptors (Lipinski definition) is 6. The highest BCUT2D eigenvalue weighted by Gasteiger charge is 2.57. The van der Waals surface area contributed by atoms with Crippen molar-refractivity contribution < 1.29 is 30.7 Å². The van der Waals surface area contributed by atoms with Crippen molar-refractivity contribution in [2.24, 2.45) is 0 Å². The van der Waals surface area contributed by atoms with Crippen molar-refractivity contribution in [2.75, 3.05) is 12.5 Å². The largest absolute Gasteiger partial charge is 0.482 e. The summed E-state index contributed by atoms with van der Waals surface area (Å²) in [6, 6.07) is 35.4. The van der Waals surface area contributed by atoms with Crippen LogP contribution in [0.2, 0.25) is 0 Å². The first-order chi connectivity index (χ1) is 26.7. The van der Waals surface area contributed by atoms with Crippen LogP contribution in [0.15, 0.2) is 149 Å². The summed E-state index contributed by atoms with van der Waals surface area (Å²) >= 11 is 0. The standard InChI is InChI=1S/C24H20O3S.C23H21FO3S/c1-16-22(20-8-7-17-5-3-4-6-19(17)15-20)23(24(27-16)13-14-24)18-9-11-21(12-10-18)28(2,25)26;1-28(25,26)19-10-8-15(9-11-19)21-20(17-6-3-7-18(24)14-17)22(16-4-2-5-16)27-23(21)12-13-23/h3-12,15H,1,13-14H2,2H3;3,6-11,14H,2,4-5,12-13H2,1H3. The normalized spacial score (nSPS) is 19.2. The summed E-state index contributed by atoms with van der Waals surface area (Å²) in [5, 5.41) is 2.36. The van der Waals surface area contributed by atoms with E-state index in [0.717, 1.165) is 95.3 Å². The number of fused-ring (bicyclic) bond motifs is 1. The van der Waals surface area contributed by atoms with Gasteiger partial charge < -0.3 is 9.47 Å². The Balaban J connectivity index is 0.000000146. The average Bonchev–Trinajstić information content (AvgIpc) is 4.04. The SMILES string of the molecule is C=C1OC2(CC2)C(c2ccc(S(C)(=O)=O)cc2)=C1c1ccc2ccccc2c1.CS(=O)(=O)c1ccc(C2=C(c3cccc(F)c3)C(=C3CCC3)OC23CC3)cc1. The lowest BCUT2D eigenvalue weighted by Crippen LogP contribution is -2.11. The Hall–Kier alpha value is -5.25. The summed E-state index contributed by atoms with van der Waals surface area (Å²) in [5.41, 5.74) is 8.64. The predicted molar refractivity (Wildman–Crippen MR) is 219 cm³/mol. The zero-order valence-corrected chi connectivity index (χ0v) is 32.9. The third-order valence-corrected chi connectivity index (χ3v) is 13.8. The fourth-order valence-corrected chi connectivity index (χ4v) is 9.49. The van der Waals surface area contributed by atoms with E-state index in [1.165, 1.54) is 34.9 Å². The Labute approximate surface area is 327 Å². The van der Waals surface area contributed by atoms with E-state index in [-0.39, 0.29) is 17.0 Å². The molecule has 0 atom stereocenters. The van der Waals surface area contributed by atoms with Crippen molar-refractivity contribution in [1.82, 2.24) is 0 Å². The molecule has 10 rings (SSSR count). The first-order valence-corrected chi connectivity index (χ1v) is 22.7. The molecule has 0 N–H and O–H groups in total. The first kappa shape index (κ1) is 36.4. The molecule has 0 aromatic heterocycles. The molecule has 284 valence electrons. The minimum Gasteiger partial charge on any atom is -0.482 e. The molecule has 0 radical (unpaired) electrons. The number of hydrogen-bond donors (Lipinski definition) is 0. The van der Waals surface area contributed by atoms with Crippen LogP contribution >= 0.6 is 0 Å². The van der Waals surface area contributed by atoms with Gasteiger partial charge in [0.2, 0.25) is 0 Å². The minimum absolute atomic E-state index is 0.272. The highest BCUT2D eigenvalue weighted by molar-refractivity contribution is 7.91. The van der Waals surface area contributed by atoms with E-state index in [9.17, 15) is 21.2 Å². The number of halogens is 1. The molecule has 5 aliphatic rings. The number of sulfone groups is 2. The van der Waals surface area contributed by atoms with Gasteiger partial charge in [0.15, 0.2) is 19.7 Å². The van der Waals surface area contributed by atoms with Crippen molar-refractivity contribution in [3.63, 3.8) is 0 Å². The average molecular weight is 785 g/mol. The topological polar surface area (TPSA) is 86.7 Å². The number of rotatable bonds is 6. The Morgan fingerprint density at radius 2 is 1.09 bits per heavy atom. The van der Waals surface area contributed by atoms with E-state index in [1.807, 2.05) is 42.5 Å². The quantitative estimate of drug-likeness (QED) is 0.170. The molecule has 5 aromatic rings. The van der Waals surface area contributed by atoms with Gasteiger partial charge in [0.1, 0.15) is 28.5 Å². The smallest absolute Gasteiger partial charge is 0.175 e. The molecule has 3 fully saturated rings. The number of benzene rings is 5. The Morgan fingerprint density at radius 3 is 1.61 bits per heavy atom. The van der Waals surface area contributed by atoms with Gasteiger partial charge in [-0.25, -0.2) is 21.2 Å². The molecule has 3 aliphatic carbocycles.